The summed E-state index contributed by atoms with van der Waals surface area (Å²) in [5.41, 5.74) is 1.16. The van der Waals surface area contributed by atoms with Crippen molar-refractivity contribution in [1.29, 1.82) is 0 Å². The Balaban J connectivity index is 1.43. The van der Waals surface area contributed by atoms with Gasteiger partial charge in [-0.1, -0.05) is 36.8 Å². The number of hydrogen-bond acceptors (Lipinski definition) is 3. The summed E-state index contributed by atoms with van der Waals surface area (Å²) >= 11 is 0. The van der Waals surface area contributed by atoms with Crippen molar-refractivity contribution >= 4 is 5.91 Å². The van der Waals surface area contributed by atoms with Crippen LogP contribution in [-0.4, -0.2) is 54.5 Å². The first-order chi connectivity index (χ1) is 11.3. The van der Waals surface area contributed by atoms with Gasteiger partial charge in [-0.05, 0) is 50.9 Å². The Morgan fingerprint density at radius 1 is 1.04 bits per heavy atom. The van der Waals surface area contributed by atoms with Gasteiger partial charge in [0.2, 0.25) is 5.91 Å². The lowest BCUT2D eigenvalue weighted by Gasteiger charge is -2.32. The summed E-state index contributed by atoms with van der Waals surface area (Å²) in [4.78, 5) is 17.2. The summed E-state index contributed by atoms with van der Waals surface area (Å²) in [5, 5.41) is 3.06. The number of piperidine rings is 1. The minimum absolute atomic E-state index is 0.152. The maximum Gasteiger partial charge on any atom is 0.234 e. The molecule has 2 heterocycles. The topological polar surface area (TPSA) is 35.6 Å². The Kier molecular flexibility index (Phi) is 6.06. The molecule has 1 N–H and O–H groups in total. The zero-order chi connectivity index (χ0) is 15.9. The van der Waals surface area contributed by atoms with Crippen molar-refractivity contribution in [2.45, 2.75) is 44.7 Å². The molecule has 0 aromatic heterocycles. The van der Waals surface area contributed by atoms with Gasteiger partial charge in [-0.3, -0.25) is 9.69 Å². The minimum atomic E-state index is 0.152. The first-order valence-electron chi connectivity index (χ1n) is 9.08. The lowest BCUT2D eigenvalue weighted by molar-refractivity contribution is -0.122. The number of likely N-dealkylation sites (tertiary alicyclic amines) is 2. The third kappa shape index (κ3) is 5.05. The molecule has 23 heavy (non-hydrogen) atoms. The van der Waals surface area contributed by atoms with Gasteiger partial charge < -0.3 is 10.2 Å². The van der Waals surface area contributed by atoms with Crippen molar-refractivity contribution in [3.8, 4) is 0 Å². The van der Waals surface area contributed by atoms with Crippen molar-refractivity contribution < 1.29 is 4.79 Å². The molecule has 0 bridgehead atoms. The van der Waals surface area contributed by atoms with Crippen LogP contribution in [0.25, 0.3) is 0 Å². The van der Waals surface area contributed by atoms with Crippen LogP contribution in [-0.2, 0) is 11.3 Å². The predicted octanol–water partition coefficient (Wildman–Crippen LogP) is 2.25. The Morgan fingerprint density at radius 2 is 1.83 bits per heavy atom. The molecular weight excluding hydrogens is 286 g/mol. The highest BCUT2D eigenvalue weighted by Crippen LogP contribution is 2.19. The summed E-state index contributed by atoms with van der Waals surface area (Å²) in [5.74, 6) is 0.152. The summed E-state index contributed by atoms with van der Waals surface area (Å²) in [6, 6.07) is 10.7. The van der Waals surface area contributed by atoms with Gasteiger partial charge in [-0.2, -0.15) is 0 Å². The van der Waals surface area contributed by atoms with Gasteiger partial charge in [-0.15, -0.1) is 0 Å². The number of rotatable bonds is 6. The molecule has 0 unspecified atom stereocenters. The number of benzene rings is 1. The van der Waals surface area contributed by atoms with E-state index in [-0.39, 0.29) is 5.91 Å². The SMILES string of the molecule is O=C(CN1CCC[C@@H]1CN1CCCCC1)NCc1ccccc1. The third-order valence-electron chi connectivity index (χ3n) is 5.10. The van der Waals surface area contributed by atoms with E-state index >= 15 is 0 Å². The fourth-order valence-electron chi connectivity index (χ4n) is 3.79. The summed E-state index contributed by atoms with van der Waals surface area (Å²) < 4.78 is 0. The fraction of sp³-hybridized carbons (Fsp3) is 0.632. The fourth-order valence-corrected chi connectivity index (χ4v) is 3.79. The van der Waals surface area contributed by atoms with E-state index in [9.17, 15) is 4.79 Å². The van der Waals surface area contributed by atoms with E-state index < -0.39 is 0 Å². The molecule has 2 aliphatic rings. The zero-order valence-electron chi connectivity index (χ0n) is 14.0. The Labute approximate surface area is 139 Å². The Bertz CT molecular complexity index is 485. The monoisotopic (exact) mass is 315 g/mol. The molecule has 4 heteroatoms. The van der Waals surface area contributed by atoms with Gasteiger partial charge in [-0.25, -0.2) is 0 Å². The van der Waals surface area contributed by atoms with E-state index in [1.807, 2.05) is 18.2 Å². The Morgan fingerprint density at radius 3 is 2.61 bits per heavy atom. The minimum Gasteiger partial charge on any atom is -0.351 e. The van der Waals surface area contributed by atoms with Crippen LogP contribution in [0.1, 0.15) is 37.7 Å². The van der Waals surface area contributed by atoms with Gasteiger partial charge >= 0.3 is 0 Å². The molecule has 0 spiro atoms. The number of nitrogens with zero attached hydrogens (tertiary/aromatic N) is 2. The van der Waals surface area contributed by atoms with Gasteiger partial charge in [0.25, 0.3) is 0 Å². The first-order valence-corrected chi connectivity index (χ1v) is 9.08. The van der Waals surface area contributed by atoms with E-state index in [4.69, 9.17) is 0 Å². The second-order valence-electron chi connectivity index (χ2n) is 6.89. The first kappa shape index (κ1) is 16.5. The van der Waals surface area contributed by atoms with E-state index in [2.05, 4.69) is 27.2 Å². The molecule has 2 fully saturated rings. The molecule has 0 radical (unpaired) electrons. The van der Waals surface area contributed by atoms with Crippen molar-refractivity contribution in [1.82, 2.24) is 15.1 Å². The summed E-state index contributed by atoms with van der Waals surface area (Å²) in [6.07, 6.45) is 6.52. The predicted molar refractivity (Wildman–Crippen MR) is 93.2 cm³/mol. The van der Waals surface area contributed by atoms with Gasteiger partial charge in [0.15, 0.2) is 0 Å². The summed E-state index contributed by atoms with van der Waals surface area (Å²) in [7, 11) is 0. The van der Waals surface area contributed by atoms with Crippen molar-refractivity contribution in [3.05, 3.63) is 35.9 Å². The molecule has 126 valence electrons. The van der Waals surface area contributed by atoms with E-state index in [0.29, 0.717) is 19.1 Å². The molecule has 1 amide bonds. The van der Waals surface area contributed by atoms with Gasteiger partial charge in [0, 0.05) is 19.1 Å². The van der Waals surface area contributed by atoms with Crippen molar-refractivity contribution in [2.24, 2.45) is 0 Å². The summed E-state index contributed by atoms with van der Waals surface area (Å²) in [6.45, 7) is 5.87. The number of amides is 1. The molecule has 0 saturated carbocycles. The Hall–Kier alpha value is -1.39. The molecule has 1 aromatic rings. The van der Waals surface area contributed by atoms with Gasteiger partial charge in [0.05, 0.1) is 6.54 Å². The molecule has 0 aliphatic carbocycles. The lowest BCUT2D eigenvalue weighted by atomic mass is 10.1. The van der Waals surface area contributed by atoms with Crippen LogP contribution in [0.3, 0.4) is 0 Å². The average molecular weight is 315 g/mol. The van der Waals surface area contributed by atoms with Crippen LogP contribution >= 0.6 is 0 Å². The van der Waals surface area contributed by atoms with Crippen LogP contribution in [0.4, 0.5) is 0 Å². The van der Waals surface area contributed by atoms with E-state index in [1.54, 1.807) is 0 Å². The highest BCUT2D eigenvalue weighted by Gasteiger charge is 2.28. The molecule has 1 atom stereocenters. The maximum absolute atomic E-state index is 12.2. The average Bonchev–Trinajstić information content (AvgIpc) is 3.02. The van der Waals surface area contributed by atoms with E-state index in [0.717, 1.165) is 18.7 Å². The van der Waals surface area contributed by atoms with Crippen LogP contribution in [0, 0.1) is 0 Å². The standard InChI is InChI=1S/C19H29N3O/c23-19(20-14-17-8-3-1-4-9-17)16-22-13-7-10-18(22)15-21-11-5-2-6-12-21/h1,3-4,8-9,18H,2,5-7,10-16H2,(H,20,23)/t18-/m1/s1. The molecule has 1 aromatic carbocycles. The second-order valence-corrected chi connectivity index (χ2v) is 6.89. The maximum atomic E-state index is 12.2. The highest BCUT2D eigenvalue weighted by atomic mass is 16.2. The van der Waals surface area contributed by atoms with Crippen LogP contribution in [0.15, 0.2) is 30.3 Å². The largest absolute Gasteiger partial charge is 0.351 e. The van der Waals surface area contributed by atoms with Crippen molar-refractivity contribution in [3.63, 3.8) is 0 Å². The second kappa shape index (κ2) is 8.46. The van der Waals surface area contributed by atoms with Crippen molar-refractivity contribution in [2.75, 3.05) is 32.7 Å². The molecule has 3 rings (SSSR count). The molecule has 4 nitrogen and oxygen atoms in total. The molecular formula is C19H29N3O. The number of carbonyl (C=O) groups excluding carboxylic acids is 1. The zero-order valence-corrected chi connectivity index (χ0v) is 14.0. The third-order valence-corrected chi connectivity index (χ3v) is 5.10. The normalized spacial score (nSPS) is 23.0. The highest BCUT2D eigenvalue weighted by molar-refractivity contribution is 5.78. The molecule has 2 saturated heterocycles. The number of hydrogen-bond donors (Lipinski definition) is 1. The van der Waals surface area contributed by atoms with Crippen LogP contribution in [0.5, 0.6) is 0 Å². The van der Waals surface area contributed by atoms with Gasteiger partial charge in [0.1, 0.15) is 0 Å². The van der Waals surface area contributed by atoms with Crippen LogP contribution in [0.2, 0.25) is 0 Å². The van der Waals surface area contributed by atoms with Crippen LogP contribution < -0.4 is 5.32 Å². The number of nitrogens with one attached hydrogen (secondary N) is 1. The quantitative estimate of drug-likeness (QED) is 0.874. The molecule has 2 aliphatic heterocycles. The van der Waals surface area contributed by atoms with E-state index in [1.165, 1.54) is 45.2 Å². The lowest BCUT2D eigenvalue weighted by Crippen LogP contribution is -2.45. The number of carbonyl (C=O) groups is 1. The smallest absolute Gasteiger partial charge is 0.234 e.